The summed E-state index contributed by atoms with van der Waals surface area (Å²) in [5, 5.41) is 10.0. The van der Waals surface area contributed by atoms with Crippen molar-refractivity contribution in [3.63, 3.8) is 0 Å². The van der Waals surface area contributed by atoms with Crippen molar-refractivity contribution in [2.45, 2.75) is 51.7 Å². The number of β-amino-alcohol motifs (C(OH)–C–C–N with tert-alkyl or cyclic N) is 1. The van der Waals surface area contributed by atoms with Crippen LogP contribution in [0.3, 0.4) is 0 Å². The van der Waals surface area contributed by atoms with Crippen molar-refractivity contribution >= 4 is 5.91 Å². The van der Waals surface area contributed by atoms with Crippen LogP contribution in [0.5, 0.6) is 0 Å². The maximum absolute atomic E-state index is 12.4. The normalized spacial score (nSPS) is 22.6. The van der Waals surface area contributed by atoms with Gasteiger partial charge in [-0.1, -0.05) is 12.8 Å². The molecule has 0 aromatic carbocycles. The summed E-state index contributed by atoms with van der Waals surface area (Å²) < 4.78 is 5.46. The third kappa shape index (κ3) is 7.05. The number of amides is 1. The standard InChI is InChI=1S/C18H35N3O3/c1-16(2)24-15-17(22)13-19-9-11-20(12-10-19)14-18(23)21-7-5-3-4-6-8-21/h16-17,22H,3-15H2,1-2H3. The monoisotopic (exact) mass is 341 g/mol. The fourth-order valence-electron chi connectivity index (χ4n) is 3.40. The summed E-state index contributed by atoms with van der Waals surface area (Å²) in [5.41, 5.74) is 0. The Kier molecular flexibility index (Phi) is 8.45. The predicted molar refractivity (Wildman–Crippen MR) is 95.0 cm³/mol. The second-order valence-corrected chi connectivity index (χ2v) is 7.41. The summed E-state index contributed by atoms with van der Waals surface area (Å²) in [6.07, 6.45) is 4.53. The lowest BCUT2D eigenvalue weighted by Crippen LogP contribution is -2.51. The topological polar surface area (TPSA) is 56.3 Å². The zero-order chi connectivity index (χ0) is 17.4. The number of aliphatic hydroxyl groups excluding tert-OH is 1. The molecule has 24 heavy (non-hydrogen) atoms. The van der Waals surface area contributed by atoms with Crippen LogP contribution in [0.4, 0.5) is 0 Å². The van der Waals surface area contributed by atoms with E-state index in [0.29, 0.717) is 19.7 Å². The van der Waals surface area contributed by atoms with Gasteiger partial charge in [-0.25, -0.2) is 0 Å². The molecule has 2 heterocycles. The summed E-state index contributed by atoms with van der Waals surface area (Å²) >= 11 is 0. The van der Waals surface area contributed by atoms with Crippen molar-refractivity contribution in [2.75, 3.05) is 59.0 Å². The Bertz CT molecular complexity index is 363. The van der Waals surface area contributed by atoms with E-state index in [4.69, 9.17) is 4.74 Å². The van der Waals surface area contributed by atoms with Crippen LogP contribution in [0.1, 0.15) is 39.5 Å². The minimum absolute atomic E-state index is 0.154. The second-order valence-electron chi connectivity index (χ2n) is 7.41. The number of hydrogen-bond acceptors (Lipinski definition) is 5. The highest BCUT2D eigenvalue weighted by Crippen LogP contribution is 2.11. The van der Waals surface area contributed by atoms with Crippen LogP contribution in [-0.4, -0.2) is 96.9 Å². The van der Waals surface area contributed by atoms with E-state index < -0.39 is 6.10 Å². The van der Waals surface area contributed by atoms with E-state index in [1.165, 1.54) is 12.8 Å². The quantitative estimate of drug-likeness (QED) is 0.742. The van der Waals surface area contributed by atoms with Gasteiger partial charge in [0.25, 0.3) is 0 Å². The second kappa shape index (κ2) is 10.3. The zero-order valence-electron chi connectivity index (χ0n) is 15.5. The largest absolute Gasteiger partial charge is 0.389 e. The van der Waals surface area contributed by atoms with Crippen LogP contribution in [0, 0.1) is 0 Å². The van der Waals surface area contributed by atoms with Crippen LogP contribution in [0.15, 0.2) is 0 Å². The molecule has 6 heteroatoms. The van der Waals surface area contributed by atoms with Crippen LogP contribution in [0.25, 0.3) is 0 Å². The average molecular weight is 341 g/mol. The Labute approximate surface area is 146 Å². The Balaban J connectivity index is 1.64. The minimum Gasteiger partial charge on any atom is -0.389 e. The van der Waals surface area contributed by atoms with Crippen molar-refractivity contribution in [1.29, 1.82) is 0 Å². The van der Waals surface area contributed by atoms with E-state index >= 15 is 0 Å². The molecule has 0 radical (unpaired) electrons. The molecule has 140 valence electrons. The number of carbonyl (C=O) groups excluding carboxylic acids is 1. The smallest absolute Gasteiger partial charge is 0.236 e. The number of carbonyl (C=O) groups is 1. The van der Waals surface area contributed by atoms with Gasteiger partial charge in [0.1, 0.15) is 0 Å². The van der Waals surface area contributed by atoms with Gasteiger partial charge in [0, 0.05) is 45.8 Å². The van der Waals surface area contributed by atoms with Gasteiger partial charge in [-0.15, -0.1) is 0 Å². The molecule has 2 fully saturated rings. The third-order valence-electron chi connectivity index (χ3n) is 4.87. The average Bonchev–Trinajstić information content (AvgIpc) is 2.84. The summed E-state index contributed by atoms with van der Waals surface area (Å²) in [6.45, 7) is 11.0. The van der Waals surface area contributed by atoms with Gasteiger partial charge in [0.05, 0.1) is 25.4 Å². The van der Waals surface area contributed by atoms with Crippen molar-refractivity contribution < 1.29 is 14.6 Å². The first-order chi connectivity index (χ1) is 11.5. The highest BCUT2D eigenvalue weighted by molar-refractivity contribution is 5.78. The van der Waals surface area contributed by atoms with E-state index in [-0.39, 0.29) is 12.0 Å². The molecule has 0 aromatic rings. The zero-order valence-corrected chi connectivity index (χ0v) is 15.5. The fourth-order valence-corrected chi connectivity index (χ4v) is 3.40. The molecule has 2 aliphatic heterocycles. The minimum atomic E-state index is -0.433. The number of nitrogens with zero attached hydrogens (tertiary/aromatic N) is 3. The van der Waals surface area contributed by atoms with Gasteiger partial charge in [-0.3, -0.25) is 14.6 Å². The molecule has 1 N–H and O–H groups in total. The number of rotatable bonds is 7. The Morgan fingerprint density at radius 3 is 2.12 bits per heavy atom. The van der Waals surface area contributed by atoms with Crippen LogP contribution >= 0.6 is 0 Å². The molecule has 1 amide bonds. The molecule has 2 saturated heterocycles. The molecule has 2 aliphatic rings. The van der Waals surface area contributed by atoms with Gasteiger partial charge >= 0.3 is 0 Å². The molecule has 0 aromatic heterocycles. The highest BCUT2D eigenvalue weighted by atomic mass is 16.5. The SMILES string of the molecule is CC(C)OCC(O)CN1CCN(CC(=O)N2CCCCCC2)CC1. The first-order valence-corrected chi connectivity index (χ1v) is 9.56. The van der Waals surface area contributed by atoms with E-state index in [1.54, 1.807) is 0 Å². The van der Waals surface area contributed by atoms with Crippen molar-refractivity contribution in [3.05, 3.63) is 0 Å². The van der Waals surface area contributed by atoms with E-state index in [1.807, 2.05) is 18.7 Å². The molecular formula is C18H35N3O3. The van der Waals surface area contributed by atoms with Gasteiger partial charge in [-0.05, 0) is 26.7 Å². The Hall–Kier alpha value is -0.690. The van der Waals surface area contributed by atoms with Crippen LogP contribution < -0.4 is 0 Å². The number of hydrogen-bond donors (Lipinski definition) is 1. The summed E-state index contributed by atoms with van der Waals surface area (Å²) in [5.74, 6) is 0.288. The molecule has 0 bridgehead atoms. The summed E-state index contributed by atoms with van der Waals surface area (Å²) in [7, 11) is 0. The lowest BCUT2D eigenvalue weighted by atomic mass is 10.2. The molecule has 1 atom stereocenters. The number of piperazine rings is 1. The van der Waals surface area contributed by atoms with Crippen LogP contribution in [-0.2, 0) is 9.53 Å². The highest BCUT2D eigenvalue weighted by Gasteiger charge is 2.23. The third-order valence-corrected chi connectivity index (χ3v) is 4.87. The van der Waals surface area contributed by atoms with Gasteiger partial charge in [-0.2, -0.15) is 0 Å². The lowest BCUT2D eigenvalue weighted by Gasteiger charge is -2.36. The van der Waals surface area contributed by atoms with Gasteiger partial charge in [0.2, 0.25) is 5.91 Å². The van der Waals surface area contributed by atoms with Gasteiger partial charge in [0.15, 0.2) is 0 Å². The molecule has 6 nitrogen and oxygen atoms in total. The Morgan fingerprint density at radius 1 is 0.958 bits per heavy atom. The molecular weight excluding hydrogens is 306 g/mol. The van der Waals surface area contributed by atoms with Crippen molar-refractivity contribution in [3.8, 4) is 0 Å². The van der Waals surface area contributed by atoms with Crippen molar-refractivity contribution in [1.82, 2.24) is 14.7 Å². The van der Waals surface area contributed by atoms with Crippen molar-refractivity contribution in [2.24, 2.45) is 0 Å². The number of ether oxygens (including phenoxy) is 1. The molecule has 0 aliphatic carbocycles. The summed E-state index contributed by atoms with van der Waals surface area (Å²) in [6, 6.07) is 0. The molecule has 0 saturated carbocycles. The maximum Gasteiger partial charge on any atom is 0.236 e. The van der Waals surface area contributed by atoms with E-state index in [9.17, 15) is 9.90 Å². The predicted octanol–water partition coefficient (Wildman–Crippen LogP) is 0.793. The van der Waals surface area contributed by atoms with Crippen LogP contribution in [0.2, 0.25) is 0 Å². The molecule has 1 unspecified atom stereocenters. The van der Waals surface area contributed by atoms with E-state index in [0.717, 1.165) is 52.1 Å². The first-order valence-electron chi connectivity index (χ1n) is 9.56. The maximum atomic E-state index is 12.4. The van der Waals surface area contributed by atoms with E-state index in [2.05, 4.69) is 9.80 Å². The lowest BCUT2D eigenvalue weighted by molar-refractivity contribution is -0.132. The molecule has 2 rings (SSSR count). The number of likely N-dealkylation sites (tertiary alicyclic amines) is 1. The number of aliphatic hydroxyl groups is 1. The fraction of sp³-hybridized carbons (Fsp3) is 0.944. The van der Waals surface area contributed by atoms with Gasteiger partial charge < -0.3 is 14.7 Å². The Morgan fingerprint density at radius 2 is 1.54 bits per heavy atom. The molecule has 0 spiro atoms. The first kappa shape index (κ1) is 19.6. The summed E-state index contributed by atoms with van der Waals surface area (Å²) in [4.78, 5) is 19.0.